The van der Waals surface area contributed by atoms with Gasteiger partial charge in [-0.1, -0.05) is 19.3 Å². The summed E-state index contributed by atoms with van der Waals surface area (Å²) >= 11 is 0. The van der Waals surface area contributed by atoms with Crippen LogP contribution in [0.25, 0.3) is 0 Å². The third-order valence-corrected chi connectivity index (χ3v) is 6.32. The van der Waals surface area contributed by atoms with Gasteiger partial charge in [0.05, 0.1) is 13.1 Å². The summed E-state index contributed by atoms with van der Waals surface area (Å²) in [6.07, 6.45) is 8.85. The Balaban J connectivity index is 2.48. The largest absolute Gasteiger partial charge is 0.480 e. The van der Waals surface area contributed by atoms with Gasteiger partial charge in [-0.2, -0.15) is 0 Å². The van der Waals surface area contributed by atoms with Gasteiger partial charge in [-0.3, -0.25) is 33.8 Å². The summed E-state index contributed by atoms with van der Waals surface area (Å²) in [6, 6.07) is 0. The van der Waals surface area contributed by atoms with Crippen LogP contribution in [-0.4, -0.2) is 127 Å². The molecule has 6 N–H and O–H groups in total. The molecule has 1 heterocycles. The molecule has 0 spiro atoms. The van der Waals surface area contributed by atoms with Gasteiger partial charge in [-0.05, 0) is 38.8 Å². The molecule has 0 unspecified atom stereocenters. The van der Waals surface area contributed by atoms with Crippen LogP contribution in [0.4, 0.5) is 0 Å². The van der Waals surface area contributed by atoms with Gasteiger partial charge < -0.3 is 31.5 Å². The molecule has 1 rings (SSSR count). The second-order valence-corrected chi connectivity index (χ2v) is 9.55. The van der Waals surface area contributed by atoms with Gasteiger partial charge in [0, 0.05) is 64.4 Å². The highest BCUT2D eigenvalue weighted by atomic mass is 16.4. The van der Waals surface area contributed by atoms with Crippen molar-refractivity contribution in [3.8, 4) is 0 Å². The SMILES string of the molecule is NCCCCCCNCCN(CCN(CCNCC(=O)O)C(=O)CCCCCN1C(=O)C=CC1=O)CC(=O)O. The standard InChI is InChI=1S/C26H46N6O7/c27-11-5-1-2-6-12-28-13-16-30(21-26(38)39)18-19-31(17-14-29-20-25(36)37)22(33)8-4-3-7-15-32-23(34)9-10-24(32)35/h9-10,28-29H,1-8,11-21,27H2,(H,36,37)(H,38,39). The Morgan fingerprint density at radius 3 is 2.10 bits per heavy atom. The van der Waals surface area contributed by atoms with Crippen molar-refractivity contribution in [3.05, 3.63) is 12.2 Å². The highest BCUT2D eigenvalue weighted by molar-refractivity contribution is 6.12. The highest BCUT2D eigenvalue weighted by Crippen LogP contribution is 2.09. The zero-order chi connectivity index (χ0) is 28.9. The van der Waals surface area contributed by atoms with Crippen molar-refractivity contribution in [2.45, 2.75) is 51.4 Å². The molecule has 222 valence electrons. The first-order chi connectivity index (χ1) is 18.7. The van der Waals surface area contributed by atoms with Crippen LogP contribution in [0.1, 0.15) is 51.4 Å². The molecule has 1 aliphatic heterocycles. The quantitative estimate of drug-likeness (QED) is 0.0721. The number of unbranched alkanes of at least 4 members (excludes halogenated alkanes) is 5. The number of imide groups is 1. The molecule has 0 saturated carbocycles. The van der Waals surface area contributed by atoms with Gasteiger partial charge in [-0.25, -0.2) is 0 Å². The van der Waals surface area contributed by atoms with E-state index in [1.807, 2.05) is 0 Å². The topological polar surface area (TPSA) is 186 Å². The molecular weight excluding hydrogens is 508 g/mol. The predicted molar refractivity (Wildman–Crippen MR) is 146 cm³/mol. The van der Waals surface area contributed by atoms with Gasteiger partial charge in [0.1, 0.15) is 0 Å². The van der Waals surface area contributed by atoms with E-state index in [0.717, 1.165) is 32.2 Å². The molecule has 0 aliphatic carbocycles. The molecule has 0 aromatic heterocycles. The fourth-order valence-electron chi connectivity index (χ4n) is 4.14. The Labute approximate surface area is 230 Å². The van der Waals surface area contributed by atoms with E-state index in [4.69, 9.17) is 10.8 Å². The minimum atomic E-state index is -0.988. The van der Waals surface area contributed by atoms with Crippen LogP contribution >= 0.6 is 0 Å². The van der Waals surface area contributed by atoms with Crippen molar-refractivity contribution in [2.24, 2.45) is 5.73 Å². The van der Waals surface area contributed by atoms with Gasteiger partial charge in [0.25, 0.3) is 11.8 Å². The number of nitrogens with zero attached hydrogens (tertiary/aromatic N) is 3. The zero-order valence-electron chi connectivity index (χ0n) is 22.9. The van der Waals surface area contributed by atoms with E-state index in [-0.39, 0.29) is 37.2 Å². The highest BCUT2D eigenvalue weighted by Gasteiger charge is 2.22. The maximum atomic E-state index is 12.9. The minimum Gasteiger partial charge on any atom is -0.480 e. The summed E-state index contributed by atoms with van der Waals surface area (Å²) < 4.78 is 0. The maximum Gasteiger partial charge on any atom is 0.317 e. The third-order valence-electron chi connectivity index (χ3n) is 6.32. The number of carbonyl (C=O) groups is 5. The van der Waals surface area contributed by atoms with Crippen molar-refractivity contribution in [3.63, 3.8) is 0 Å². The average molecular weight is 555 g/mol. The number of amides is 3. The fourth-order valence-corrected chi connectivity index (χ4v) is 4.14. The van der Waals surface area contributed by atoms with E-state index in [0.29, 0.717) is 71.6 Å². The van der Waals surface area contributed by atoms with Crippen LogP contribution in [0.2, 0.25) is 0 Å². The first kappa shape index (κ1) is 34.2. The van der Waals surface area contributed by atoms with Crippen LogP contribution in [-0.2, 0) is 24.0 Å². The van der Waals surface area contributed by atoms with Gasteiger partial charge in [0.15, 0.2) is 0 Å². The summed E-state index contributed by atoms with van der Waals surface area (Å²) in [6.45, 7) is 3.97. The lowest BCUT2D eigenvalue weighted by molar-refractivity contribution is -0.139. The van der Waals surface area contributed by atoms with Gasteiger partial charge in [-0.15, -0.1) is 0 Å². The Hall–Kier alpha value is -2.87. The van der Waals surface area contributed by atoms with Crippen LogP contribution < -0.4 is 16.4 Å². The van der Waals surface area contributed by atoms with Crippen molar-refractivity contribution >= 4 is 29.7 Å². The summed E-state index contributed by atoms with van der Waals surface area (Å²) in [5, 5.41) is 24.3. The Morgan fingerprint density at radius 1 is 0.769 bits per heavy atom. The van der Waals surface area contributed by atoms with E-state index in [2.05, 4.69) is 10.6 Å². The summed E-state index contributed by atoms with van der Waals surface area (Å²) in [4.78, 5) is 62.9. The minimum absolute atomic E-state index is 0.104. The van der Waals surface area contributed by atoms with E-state index in [1.54, 1.807) is 9.80 Å². The lowest BCUT2D eigenvalue weighted by atomic mass is 10.1. The molecule has 1 aliphatic rings. The molecule has 0 aromatic carbocycles. The molecule has 13 heteroatoms. The van der Waals surface area contributed by atoms with Crippen LogP contribution in [0.5, 0.6) is 0 Å². The molecule has 39 heavy (non-hydrogen) atoms. The van der Waals surface area contributed by atoms with Crippen LogP contribution in [0.15, 0.2) is 12.2 Å². The predicted octanol–water partition coefficient (Wildman–Crippen LogP) is -0.530. The number of rotatable bonds is 25. The first-order valence-electron chi connectivity index (χ1n) is 13.8. The van der Waals surface area contributed by atoms with Crippen molar-refractivity contribution in [2.75, 3.05) is 72.0 Å². The second-order valence-electron chi connectivity index (χ2n) is 9.55. The number of carbonyl (C=O) groups excluding carboxylic acids is 3. The summed E-state index contributed by atoms with van der Waals surface area (Å²) in [7, 11) is 0. The van der Waals surface area contributed by atoms with E-state index in [9.17, 15) is 29.1 Å². The normalized spacial score (nSPS) is 13.0. The van der Waals surface area contributed by atoms with Crippen LogP contribution in [0.3, 0.4) is 0 Å². The molecule has 0 bridgehead atoms. The molecule has 3 amide bonds. The number of carboxylic acids is 2. The summed E-state index contributed by atoms with van der Waals surface area (Å²) in [5.74, 6) is -2.67. The van der Waals surface area contributed by atoms with Crippen molar-refractivity contribution in [1.82, 2.24) is 25.3 Å². The second kappa shape index (κ2) is 21.0. The van der Waals surface area contributed by atoms with E-state index < -0.39 is 11.9 Å². The smallest absolute Gasteiger partial charge is 0.317 e. The Morgan fingerprint density at radius 2 is 1.44 bits per heavy atom. The molecule has 0 saturated heterocycles. The first-order valence-corrected chi connectivity index (χ1v) is 13.8. The third kappa shape index (κ3) is 16.6. The number of nitrogens with one attached hydrogen (secondary N) is 2. The van der Waals surface area contributed by atoms with Crippen LogP contribution in [0, 0.1) is 0 Å². The maximum absolute atomic E-state index is 12.9. The Kier molecular flexibility index (Phi) is 18.4. The number of nitrogens with two attached hydrogens (primary N) is 1. The number of hydrogen-bond donors (Lipinski definition) is 5. The van der Waals surface area contributed by atoms with Gasteiger partial charge >= 0.3 is 11.9 Å². The number of aliphatic carboxylic acids is 2. The summed E-state index contributed by atoms with van der Waals surface area (Å²) in [5.41, 5.74) is 5.50. The zero-order valence-corrected chi connectivity index (χ0v) is 22.9. The van der Waals surface area contributed by atoms with E-state index >= 15 is 0 Å². The van der Waals surface area contributed by atoms with Crippen molar-refractivity contribution in [1.29, 1.82) is 0 Å². The lowest BCUT2D eigenvalue weighted by Gasteiger charge is -2.27. The molecule has 0 atom stereocenters. The number of carboxylic acid groups (broad SMARTS) is 2. The molecule has 0 radical (unpaired) electrons. The molecule has 0 aromatic rings. The number of hydrogen-bond acceptors (Lipinski definition) is 9. The fraction of sp³-hybridized carbons (Fsp3) is 0.731. The Bertz CT molecular complexity index is 790. The average Bonchev–Trinajstić information content (AvgIpc) is 3.20. The lowest BCUT2D eigenvalue weighted by Crippen LogP contribution is -2.44. The molecule has 13 nitrogen and oxygen atoms in total. The van der Waals surface area contributed by atoms with Gasteiger partial charge in [0.2, 0.25) is 5.91 Å². The molecular formula is C26H46N6O7. The monoisotopic (exact) mass is 554 g/mol. The molecule has 0 fully saturated rings. The van der Waals surface area contributed by atoms with E-state index in [1.165, 1.54) is 17.1 Å². The van der Waals surface area contributed by atoms with Crippen molar-refractivity contribution < 1.29 is 34.2 Å².